The Balaban J connectivity index is -0.000000214. The fourth-order valence-corrected chi connectivity index (χ4v) is 0.774. The zero-order valence-electron chi connectivity index (χ0n) is 10.5. The molecule has 0 saturated heterocycles. The molecule has 0 aliphatic carbocycles. The molecule has 1 amide bonds. The average Bonchev–Trinajstić information content (AvgIpc) is 2.04. The number of nitrogens with two attached hydrogens (primary N) is 1. The first-order valence-electron chi connectivity index (χ1n) is 4.76. The Kier molecular flexibility index (Phi) is 13.3. The molecule has 0 heterocycles. The van der Waals surface area contributed by atoms with Crippen LogP contribution >= 0.6 is 0 Å². The Morgan fingerprint density at radius 2 is 1.50 bits per heavy atom. The first-order chi connectivity index (χ1) is 6.76. The van der Waals surface area contributed by atoms with E-state index in [-0.39, 0.29) is 12.4 Å². The van der Waals surface area contributed by atoms with Crippen LogP contribution in [0.1, 0.15) is 6.92 Å². The molecule has 0 aromatic rings. The molecule has 0 aliphatic rings. The molecule has 0 aromatic heterocycles. The van der Waals surface area contributed by atoms with Gasteiger partial charge in [0.1, 0.15) is 0 Å². The first-order valence-corrected chi connectivity index (χ1v) is 4.76. The third-order valence-electron chi connectivity index (χ3n) is 1.67. The van der Waals surface area contributed by atoms with Crippen LogP contribution in [-0.2, 0) is 4.79 Å². The zero-order valence-corrected chi connectivity index (χ0v) is 11.3. The topological polar surface area (TPSA) is 43.1 Å². The van der Waals surface area contributed by atoms with Crippen LogP contribution in [0.5, 0.6) is 0 Å². The molecule has 0 aliphatic heterocycles. The van der Waals surface area contributed by atoms with Crippen molar-refractivity contribution in [2.45, 2.75) is 6.92 Å². The van der Waals surface area contributed by atoms with Gasteiger partial charge in [0.25, 0.3) is 0 Å². The van der Waals surface area contributed by atoms with E-state index in [1.807, 2.05) is 12.2 Å². The van der Waals surface area contributed by atoms with Gasteiger partial charge in [-0.15, -0.1) is 0 Å². The van der Waals surface area contributed by atoms with Crippen molar-refractivity contribution in [2.75, 3.05) is 27.2 Å². The predicted molar refractivity (Wildman–Crippen MR) is 66.2 cm³/mol. The fourth-order valence-electron chi connectivity index (χ4n) is 0.774. The Labute approximate surface area is 105 Å². The number of primary amides is 1. The summed E-state index contributed by atoms with van der Waals surface area (Å²) in [6, 6.07) is 0. The monoisotopic (exact) mass is 246 g/mol. The number of nitrogens with zero attached hydrogens (tertiary/aromatic N) is 1. The van der Waals surface area contributed by atoms with E-state index in [1.54, 1.807) is 6.92 Å². The SMILES string of the molecule is C=C(C)C(N)=O.C=CC[N+](C)(C)CC=C.[Cl-]. The number of carbonyl (C=O) groups excluding carboxylic acids is 1. The van der Waals surface area contributed by atoms with Gasteiger partial charge < -0.3 is 22.6 Å². The molecule has 0 bridgehead atoms. The highest BCUT2D eigenvalue weighted by Crippen LogP contribution is 1.95. The van der Waals surface area contributed by atoms with Gasteiger partial charge in [-0.25, -0.2) is 0 Å². The molecule has 3 nitrogen and oxygen atoms in total. The van der Waals surface area contributed by atoms with E-state index in [0.717, 1.165) is 17.6 Å². The largest absolute Gasteiger partial charge is 1.00 e. The van der Waals surface area contributed by atoms with Crippen molar-refractivity contribution in [3.63, 3.8) is 0 Å². The zero-order chi connectivity index (χ0) is 12.5. The molecular formula is C12H23ClN2O. The number of hydrogen-bond acceptors (Lipinski definition) is 1. The summed E-state index contributed by atoms with van der Waals surface area (Å²) in [5.74, 6) is -0.435. The van der Waals surface area contributed by atoms with E-state index in [1.165, 1.54) is 0 Å². The van der Waals surface area contributed by atoms with Crippen LogP contribution in [0.3, 0.4) is 0 Å². The third kappa shape index (κ3) is 15.4. The molecule has 4 heteroatoms. The second kappa shape index (κ2) is 10.5. The third-order valence-corrected chi connectivity index (χ3v) is 1.67. The second-order valence-electron chi connectivity index (χ2n) is 4.02. The number of likely N-dealkylation sites (N-methyl/N-ethyl adjacent to an activating group) is 1. The van der Waals surface area contributed by atoms with Crippen LogP contribution in [0.25, 0.3) is 0 Å². The summed E-state index contributed by atoms with van der Waals surface area (Å²) in [4.78, 5) is 9.82. The summed E-state index contributed by atoms with van der Waals surface area (Å²) >= 11 is 0. The molecule has 0 radical (unpaired) electrons. The van der Waals surface area contributed by atoms with Crippen molar-refractivity contribution in [1.29, 1.82) is 0 Å². The van der Waals surface area contributed by atoms with Crippen molar-refractivity contribution in [1.82, 2.24) is 0 Å². The molecule has 94 valence electrons. The standard InChI is InChI=1S/C8H16N.C4H7NO.ClH/c1-5-7-9(3,4)8-6-2;1-3(2)4(5)6;/h5-6H,1-2,7-8H2,3-4H3;1H2,2H3,(H2,5,6);1H/q+1;;/p-1. The van der Waals surface area contributed by atoms with E-state index < -0.39 is 5.91 Å². The van der Waals surface area contributed by atoms with Crippen LogP contribution in [0.2, 0.25) is 0 Å². The van der Waals surface area contributed by atoms with E-state index >= 15 is 0 Å². The van der Waals surface area contributed by atoms with Crippen molar-refractivity contribution >= 4 is 5.91 Å². The molecule has 0 fully saturated rings. The summed E-state index contributed by atoms with van der Waals surface area (Å²) in [7, 11) is 4.31. The summed E-state index contributed by atoms with van der Waals surface area (Å²) in [5.41, 5.74) is 5.09. The number of carbonyl (C=O) groups is 1. The number of halogens is 1. The Morgan fingerprint density at radius 3 is 1.62 bits per heavy atom. The van der Waals surface area contributed by atoms with Gasteiger partial charge in [-0.05, 0) is 19.1 Å². The maximum Gasteiger partial charge on any atom is 0.243 e. The van der Waals surface area contributed by atoms with Crippen LogP contribution in [0.15, 0.2) is 37.5 Å². The molecule has 0 unspecified atom stereocenters. The van der Waals surface area contributed by atoms with Gasteiger partial charge in [-0.1, -0.05) is 19.7 Å². The molecule has 0 aromatic carbocycles. The minimum Gasteiger partial charge on any atom is -1.00 e. The van der Waals surface area contributed by atoms with Gasteiger partial charge >= 0.3 is 0 Å². The molecular weight excluding hydrogens is 224 g/mol. The Hall–Kier alpha value is -1.06. The summed E-state index contributed by atoms with van der Waals surface area (Å²) in [6.45, 7) is 14.2. The van der Waals surface area contributed by atoms with E-state index in [0.29, 0.717) is 5.57 Å². The molecule has 0 spiro atoms. The minimum atomic E-state index is -0.435. The maximum absolute atomic E-state index is 9.82. The highest BCUT2D eigenvalue weighted by atomic mass is 35.5. The number of quaternary nitrogens is 1. The lowest BCUT2D eigenvalue weighted by Crippen LogP contribution is -3.00. The average molecular weight is 247 g/mol. The number of amides is 1. The van der Waals surface area contributed by atoms with Crippen LogP contribution in [0.4, 0.5) is 0 Å². The molecule has 16 heavy (non-hydrogen) atoms. The van der Waals surface area contributed by atoms with Crippen LogP contribution < -0.4 is 18.1 Å². The van der Waals surface area contributed by atoms with Crippen molar-refractivity contribution in [2.24, 2.45) is 5.73 Å². The Bertz CT molecular complexity index is 223. The summed E-state index contributed by atoms with van der Waals surface area (Å²) in [5, 5.41) is 0. The normalized spacial score (nSPS) is 8.94. The molecule has 0 atom stereocenters. The van der Waals surface area contributed by atoms with Gasteiger partial charge in [-0.3, -0.25) is 4.79 Å². The van der Waals surface area contributed by atoms with Crippen molar-refractivity contribution < 1.29 is 21.7 Å². The lowest BCUT2D eigenvalue weighted by Gasteiger charge is -2.26. The highest BCUT2D eigenvalue weighted by Gasteiger charge is 2.07. The van der Waals surface area contributed by atoms with Crippen molar-refractivity contribution in [3.8, 4) is 0 Å². The van der Waals surface area contributed by atoms with Gasteiger partial charge in [0.05, 0.1) is 27.2 Å². The van der Waals surface area contributed by atoms with Crippen molar-refractivity contribution in [3.05, 3.63) is 37.5 Å². The van der Waals surface area contributed by atoms with Gasteiger partial charge in [0, 0.05) is 5.57 Å². The minimum absolute atomic E-state index is 0. The molecule has 2 N–H and O–H groups in total. The number of hydrogen-bond donors (Lipinski definition) is 1. The fraction of sp³-hybridized carbons (Fsp3) is 0.417. The van der Waals surface area contributed by atoms with Gasteiger partial charge in [-0.2, -0.15) is 0 Å². The van der Waals surface area contributed by atoms with Crippen LogP contribution in [0, 0.1) is 0 Å². The second-order valence-corrected chi connectivity index (χ2v) is 4.02. The lowest BCUT2D eigenvalue weighted by molar-refractivity contribution is -0.878. The lowest BCUT2D eigenvalue weighted by atomic mass is 10.3. The summed E-state index contributed by atoms with van der Waals surface area (Å²) in [6.07, 6.45) is 3.87. The van der Waals surface area contributed by atoms with Gasteiger partial charge in [0.15, 0.2) is 0 Å². The summed E-state index contributed by atoms with van der Waals surface area (Å²) < 4.78 is 0.951. The Morgan fingerprint density at radius 1 is 1.25 bits per heavy atom. The molecule has 0 rings (SSSR count). The van der Waals surface area contributed by atoms with Crippen LogP contribution in [-0.4, -0.2) is 37.6 Å². The van der Waals surface area contributed by atoms with E-state index in [9.17, 15) is 4.79 Å². The predicted octanol–water partition coefficient (Wildman–Crippen LogP) is -1.51. The van der Waals surface area contributed by atoms with Gasteiger partial charge in [0.2, 0.25) is 5.91 Å². The van der Waals surface area contributed by atoms with E-state index in [4.69, 9.17) is 5.73 Å². The maximum atomic E-state index is 9.82. The highest BCUT2D eigenvalue weighted by molar-refractivity contribution is 5.90. The smallest absolute Gasteiger partial charge is 0.243 e. The van der Waals surface area contributed by atoms with E-state index in [2.05, 4.69) is 33.8 Å². The molecule has 0 saturated carbocycles. The quantitative estimate of drug-likeness (QED) is 0.358. The number of rotatable bonds is 5. The first kappa shape index (κ1) is 20.4.